The number of aromatic amines is 1. The lowest BCUT2D eigenvalue weighted by atomic mass is 10.0. The molecule has 0 bridgehead atoms. The zero-order valence-electron chi connectivity index (χ0n) is 12.9. The van der Waals surface area contributed by atoms with E-state index in [9.17, 15) is 0 Å². The number of fused-ring (bicyclic) bond motifs is 1. The van der Waals surface area contributed by atoms with Crippen molar-refractivity contribution in [3.8, 4) is 22.5 Å². The van der Waals surface area contributed by atoms with Crippen LogP contribution < -0.4 is 5.73 Å². The molecule has 0 atom stereocenters. The lowest BCUT2D eigenvalue weighted by Gasteiger charge is -2.11. The maximum Gasteiger partial charge on any atom is 0.158 e. The quantitative estimate of drug-likeness (QED) is 0.489. The second-order valence-corrected chi connectivity index (χ2v) is 5.89. The average Bonchev–Trinajstić information content (AvgIpc) is 2.97. The maximum atomic E-state index is 5.95. The van der Waals surface area contributed by atoms with Crippen molar-refractivity contribution in [1.29, 1.82) is 0 Å². The topological polar surface area (TPSA) is 93.4 Å². The fraction of sp³-hybridized carbons (Fsp3) is 0.0588. The highest BCUT2D eigenvalue weighted by Gasteiger charge is 2.17. The van der Waals surface area contributed by atoms with Crippen molar-refractivity contribution in [2.45, 2.75) is 11.8 Å². The van der Waals surface area contributed by atoms with Gasteiger partial charge in [0.2, 0.25) is 0 Å². The Kier molecular flexibility index (Phi) is 3.42. The molecule has 0 saturated carbocycles. The van der Waals surface area contributed by atoms with Crippen LogP contribution in [-0.2, 0) is 0 Å². The van der Waals surface area contributed by atoms with E-state index >= 15 is 0 Å². The van der Waals surface area contributed by atoms with E-state index in [1.807, 2.05) is 43.3 Å². The minimum Gasteiger partial charge on any atom is -0.382 e. The summed E-state index contributed by atoms with van der Waals surface area (Å²) in [5.74, 6) is 1.08. The van der Waals surface area contributed by atoms with Crippen LogP contribution in [0.1, 0.15) is 5.82 Å². The molecule has 0 fully saturated rings. The van der Waals surface area contributed by atoms with Crippen molar-refractivity contribution in [1.82, 2.24) is 25.1 Å². The molecular weight excluding hydrogens is 320 g/mol. The number of pyridine rings is 1. The Bertz CT molecular complexity index is 1040. The van der Waals surface area contributed by atoms with Crippen LogP contribution in [0.4, 0.5) is 5.82 Å². The number of nitrogens with two attached hydrogens (primary N) is 1. The second kappa shape index (κ2) is 5.61. The highest BCUT2D eigenvalue weighted by molar-refractivity contribution is 7.80. The molecule has 0 aliphatic rings. The zero-order chi connectivity index (χ0) is 16.7. The number of hydrogen-bond donors (Lipinski definition) is 3. The maximum absolute atomic E-state index is 5.95. The number of thiol groups is 1. The first kappa shape index (κ1) is 14.6. The minimum atomic E-state index is 0.407. The van der Waals surface area contributed by atoms with Gasteiger partial charge in [-0.3, -0.25) is 5.10 Å². The lowest BCUT2D eigenvalue weighted by molar-refractivity contribution is 1.02. The molecule has 0 aliphatic carbocycles. The third-order valence-electron chi connectivity index (χ3n) is 3.77. The van der Waals surface area contributed by atoms with Crippen LogP contribution in [-0.4, -0.2) is 25.1 Å². The van der Waals surface area contributed by atoms with Crippen LogP contribution >= 0.6 is 12.6 Å². The molecule has 118 valence electrons. The average molecular weight is 334 g/mol. The van der Waals surface area contributed by atoms with Crippen molar-refractivity contribution in [2.75, 3.05) is 5.73 Å². The molecule has 7 heteroatoms. The highest BCUT2D eigenvalue weighted by Crippen LogP contribution is 2.35. The fourth-order valence-corrected chi connectivity index (χ4v) is 2.85. The van der Waals surface area contributed by atoms with Gasteiger partial charge in [0, 0.05) is 22.2 Å². The molecule has 0 amide bonds. The van der Waals surface area contributed by atoms with Crippen molar-refractivity contribution in [3.05, 3.63) is 48.4 Å². The van der Waals surface area contributed by atoms with Gasteiger partial charge in [-0.25, -0.2) is 15.0 Å². The number of nitrogen functional groups attached to an aromatic ring is 1. The zero-order valence-corrected chi connectivity index (χ0v) is 13.7. The molecule has 6 nitrogen and oxygen atoms in total. The summed E-state index contributed by atoms with van der Waals surface area (Å²) in [6.45, 7) is 1.84. The number of hydrogen-bond acceptors (Lipinski definition) is 6. The molecule has 0 spiro atoms. The first-order valence-corrected chi connectivity index (χ1v) is 7.81. The molecule has 0 saturated heterocycles. The van der Waals surface area contributed by atoms with E-state index in [0.29, 0.717) is 22.2 Å². The summed E-state index contributed by atoms with van der Waals surface area (Å²) in [6.07, 6.45) is 1.69. The molecule has 24 heavy (non-hydrogen) atoms. The van der Waals surface area contributed by atoms with E-state index in [-0.39, 0.29) is 0 Å². The SMILES string of the molecule is Cc1ncc(S)c(-c2cc3c(N)n[nH]c3nc2-c2ccccc2)n1. The molecule has 4 aromatic rings. The second-order valence-electron chi connectivity index (χ2n) is 5.41. The van der Waals surface area contributed by atoms with E-state index in [1.54, 1.807) is 6.20 Å². The fourth-order valence-electron chi connectivity index (χ4n) is 2.63. The highest BCUT2D eigenvalue weighted by atomic mass is 32.1. The lowest BCUT2D eigenvalue weighted by Crippen LogP contribution is -1.97. The van der Waals surface area contributed by atoms with Gasteiger partial charge in [0.1, 0.15) is 5.82 Å². The predicted molar refractivity (Wildman–Crippen MR) is 96.8 cm³/mol. The number of benzene rings is 1. The third-order valence-corrected chi connectivity index (χ3v) is 4.10. The van der Waals surface area contributed by atoms with Crippen molar-refractivity contribution >= 4 is 29.5 Å². The molecule has 4 rings (SSSR count). The molecule has 0 radical (unpaired) electrons. The number of nitrogens with zero attached hydrogens (tertiary/aromatic N) is 4. The largest absolute Gasteiger partial charge is 0.382 e. The Hall–Kier alpha value is -2.93. The number of anilines is 1. The van der Waals surface area contributed by atoms with E-state index in [4.69, 9.17) is 10.7 Å². The van der Waals surface area contributed by atoms with Crippen LogP contribution in [0.25, 0.3) is 33.5 Å². The van der Waals surface area contributed by atoms with E-state index < -0.39 is 0 Å². The number of aryl methyl sites for hydroxylation is 1. The van der Waals surface area contributed by atoms with Crippen molar-refractivity contribution in [3.63, 3.8) is 0 Å². The first-order valence-electron chi connectivity index (χ1n) is 7.36. The summed E-state index contributed by atoms with van der Waals surface area (Å²) in [4.78, 5) is 14.1. The Morgan fingerprint density at radius 3 is 2.67 bits per heavy atom. The van der Waals surface area contributed by atoms with Crippen LogP contribution in [0.15, 0.2) is 47.5 Å². The van der Waals surface area contributed by atoms with Gasteiger partial charge in [-0.2, -0.15) is 5.10 Å². The molecule has 3 N–H and O–H groups in total. The predicted octanol–water partition coefficient (Wildman–Crippen LogP) is 3.26. The Morgan fingerprint density at radius 2 is 1.88 bits per heavy atom. The van der Waals surface area contributed by atoms with E-state index in [2.05, 4.69) is 32.8 Å². The van der Waals surface area contributed by atoms with Crippen LogP contribution in [0.2, 0.25) is 0 Å². The van der Waals surface area contributed by atoms with E-state index in [1.165, 1.54) is 0 Å². The molecule has 0 aliphatic heterocycles. The van der Waals surface area contributed by atoms with Gasteiger partial charge >= 0.3 is 0 Å². The Morgan fingerprint density at radius 1 is 1.08 bits per heavy atom. The molecule has 0 unspecified atom stereocenters. The van der Waals surface area contributed by atoms with Crippen LogP contribution in [0, 0.1) is 6.92 Å². The molecule has 3 heterocycles. The summed E-state index contributed by atoms with van der Waals surface area (Å²) in [7, 11) is 0. The van der Waals surface area contributed by atoms with E-state index in [0.717, 1.165) is 27.9 Å². The summed E-state index contributed by atoms with van der Waals surface area (Å²) in [6, 6.07) is 11.9. The minimum absolute atomic E-state index is 0.407. The molecule has 3 aromatic heterocycles. The number of nitrogens with one attached hydrogen (secondary N) is 1. The first-order chi connectivity index (χ1) is 11.6. The summed E-state index contributed by atoms with van der Waals surface area (Å²) < 4.78 is 0. The molecular formula is C17H14N6S. The normalized spacial score (nSPS) is 11.1. The van der Waals surface area contributed by atoms with Gasteiger partial charge in [-0.15, -0.1) is 12.6 Å². The monoisotopic (exact) mass is 334 g/mol. The molecule has 1 aromatic carbocycles. The van der Waals surface area contributed by atoms with Crippen molar-refractivity contribution in [2.24, 2.45) is 0 Å². The Labute approximate surface area is 143 Å². The van der Waals surface area contributed by atoms with Gasteiger partial charge < -0.3 is 5.73 Å². The van der Waals surface area contributed by atoms with Crippen molar-refractivity contribution < 1.29 is 0 Å². The van der Waals surface area contributed by atoms with Gasteiger partial charge in [0.05, 0.1) is 16.8 Å². The van der Waals surface area contributed by atoms with Gasteiger partial charge in [0.15, 0.2) is 11.5 Å². The van der Waals surface area contributed by atoms with Crippen LogP contribution in [0.3, 0.4) is 0 Å². The number of aromatic nitrogens is 5. The number of H-pyrrole nitrogens is 1. The van der Waals surface area contributed by atoms with Gasteiger partial charge in [-0.1, -0.05) is 30.3 Å². The third kappa shape index (κ3) is 2.39. The standard InChI is InChI=1S/C17H14N6S/c1-9-19-8-13(24)15(20-9)11-7-12-16(18)22-23-17(12)21-14(11)10-5-3-2-4-6-10/h2-8,24H,1H3,(H3,18,21,22,23). The van der Waals surface area contributed by atoms with Gasteiger partial charge in [-0.05, 0) is 13.0 Å². The van der Waals surface area contributed by atoms with Crippen LogP contribution in [0.5, 0.6) is 0 Å². The number of rotatable bonds is 2. The Balaban J connectivity index is 2.08. The summed E-state index contributed by atoms with van der Waals surface area (Å²) in [5, 5.41) is 7.67. The summed E-state index contributed by atoms with van der Waals surface area (Å²) >= 11 is 4.51. The van der Waals surface area contributed by atoms with Gasteiger partial charge in [0.25, 0.3) is 0 Å². The summed E-state index contributed by atoms with van der Waals surface area (Å²) in [5.41, 5.74) is 9.92. The smallest absolute Gasteiger partial charge is 0.158 e.